The van der Waals surface area contributed by atoms with Gasteiger partial charge in [-0.1, -0.05) is 61.4 Å². The highest BCUT2D eigenvalue weighted by Gasteiger charge is 2.48. The van der Waals surface area contributed by atoms with Gasteiger partial charge < -0.3 is 39.9 Å². The molecule has 1 saturated carbocycles. The summed E-state index contributed by atoms with van der Waals surface area (Å²) in [5.41, 5.74) is 2.25. The standard InChI is InChI=1S/C41H55N3O6/c45-30-43-37-26-33(15-18-38(37)46)39(47)27-42-21-6-8-31-13-16-36(17-14-31)49-25-7-22-44-23-19-32(20-24-44)40(28-44)50-29-41(48,35-11-4-5-12-35)34-9-2-1-3-10-34/h1-3,9-10,13-18,26,30,32,35,39-40,42,47-48H,4-8,11-12,19-25,27-29H2,(H-,43,45,46)/p+1/t32?,39-,40-,41?,44?/m0/s1. The largest absolute Gasteiger partial charge is 0.506 e. The Hall–Kier alpha value is -3.47. The fraction of sp³-hybridized carbons (Fsp3) is 0.537. The van der Waals surface area contributed by atoms with E-state index < -0.39 is 11.7 Å². The Morgan fingerprint density at radius 1 is 0.960 bits per heavy atom. The molecule has 3 atom stereocenters. The second kappa shape index (κ2) is 17.2. The summed E-state index contributed by atoms with van der Waals surface area (Å²) in [6.07, 6.45) is 9.76. The fourth-order valence-electron chi connectivity index (χ4n) is 8.58. The minimum absolute atomic E-state index is 0.0355. The third kappa shape index (κ3) is 9.06. The van der Waals surface area contributed by atoms with Crippen molar-refractivity contribution in [2.45, 2.75) is 75.6 Å². The van der Waals surface area contributed by atoms with Crippen LogP contribution >= 0.6 is 0 Å². The number of phenolic OH excluding ortho intramolecular Hbond substituents is 1. The molecule has 1 unspecified atom stereocenters. The average molecular weight is 687 g/mol. The van der Waals surface area contributed by atoms with Crippen LogP contribution in [0.5, 0.6) is 11.5 Å². The van der Waals surface area contributed by atoms with Gasteiger partial charge in [-0.3, -0.25) is 4.79 Å². The molecule has 0 radical (unpaired) electrons. The van der Waals surface area contributed by atoms with Gasteiger partial charge in [0.15, 0.2) is 0 Å². The molecule has 0 spiro atoms. The van der Waals surface area contributed by atoms with Gasteiger partial charge in [-0.05, 0) is 79.1 Å². The molecule has 4 fully saturated rings. The first-order valence-electron chi connectivity index (χ1n) is 18.8. The maximum atomic E-state index is 12.0. The number of aromatic hydroxyl groups is 1. The lowest BCUT2D eigenvalue weighted by atomic mass is 9.80. The molecule has 2 bridgehead atoms. The van der Waals surface area contributed by atoms with Crippen LogP contribution in [0.15, 0.2) is 72.8 Å². The van der Waals surface area contributed by atoms with Crippen LogP contribution in [-0.4, -0.2) is 84.8 Å². The molecule has 7 rings (SSSR count). The Balaban J connectivity index is 0.893. The number of aliphatic hydroxyl groups excluding tert-OH is 1. The van der Waals surface area contributed by atoms with Crippen LogP contribution in [0.4, 0.5) is 5.69 Å². The number of nitrogens with zero attached hydrogens (tertiary/aromatic N) is 1. The fourth-order valence-corrected chi connectivity index (χ4v) is 8.58. The molecule has 50 heavy (non-hydrogen) atoms. The summed E-state index contributed by atoms with van der Waals surface area (Å²) in [5.74, 6) is 1.73. The number of benzene rings is 3. The van der Waals surface area contributed by atoms with Crippen molar-refractivity contribution in [3.05, 3.63) is 89.5 Å². The van der Waals surface area contributed by atoms with Crippen LogP contribution in [-0.2, 0) is 21.6 Å². The molecule has 3 aliphatic heterocycles. The van der Waals surface area contributed by atoms with Crippen LogP contribution in [0.2, 0.25) is 0 Å². The number of aliphatic hydroxyl groups is 2. The number of amides is 1. The number of ether oxygens (including phenoxy) is 2. The summed E-state index contributed by atoms with van der Waals surface area (Å²) in [5, 5.41) is 38.0. The van der Waals surface area contributed by atoms with Crippen molar-refractivity contribution in [3.8, 4) is 11.5 Å². The first-order valence-corrected chi connectivity index (χ1v) is 18.8. The summed E-state index contributed by atoms with van der Waals surface area (Å²) in [6, 6.07) is 23.3. The van der Waals surface area contributed by atoms with E-state index in [9.17, 15) is 20.1 Å². The number of hydrogen-bond donors (Lipinski definition) is 5. The van der Waals surface area contributed by atoms with Gasteiger partial charge in [-0.25, -0.2) is 0 Å². The lowest BCUT2D eigenvalue weighted by Crippen LogP contribution is -2.65. The summed E-state index contributed by atoms with van der Waals surface area (Å²) < 4.78 is 14.0. The average Bonchev–Trinajstić information content (AvgIpc) is 3.71. The van der Waals surface area contributed by atoms with Gasteiger partial charge in [0, 0.05) is 31.7 Å². The van der Waals surface area contributed by atoms with E-state index in [1.54, 1.807) is 12.1 Å². The first-order chi connectivity index (χ1) is 24.4. The molecule has 270 valence electrons. The maximum absolute atomic E-state index is 12.0. The Morgan fingerprint density at radius 3 is 2.46 bits per heavy atom. The van der Waals surface area contributed by atoms with Gasteiger partial charge >= 0.3 is 0 Å². The first kappa shape index (κ1) is 36.3. The van der Waals surface area contributed by atoms with Gasteiger partial charge in [0.05, 0.1) is 44.6 Å². The number of nitrogens with one attached hydrogen (secondary N) is 2. The number of hydrogen-bond acceptors (Lipinski definition) is 7. The third-order valence-electron chi connectivity index (χ3n) is 11.6. The summed E-state index contributed by atoms with van der Waals surface area (Å²) in [7, 11) is 0. The van der Waals surface area contributed by atoms with E-state index in [-0.39, 0.29) is 23.5 Å². The molecular weight excluding hydrogens is 630 g/mol. The minimum Gasteiger partial charge on any atom is -0.506 e. The van der Waals surface area contributed by atoms with E-state index in [1.165, 1.54) is 50.4 Å². The zero-order valence-electron chi connectivity index (χ0n) is 29.3. The molecule has 3 aromatic rings. The Morgan fingerprint density at radius 2 is 1.72 bits per heavy atom. The van der Waals surface area contributed by atoms with Gasteiger partial charge in [-0.15, -0.1) is 0 Å². The second-order valence-corrected chi connectivity index (χ2v) is 14.9. The highest BCUT2D eigenvalue weighted by Crippen LogP contribution is 2.42. The second-order valence-electron chi connectivity index (χ2n) is 14.9. The smallest absolute Gasteiger partial charge is 0.211 e. The topological polar surface area (TPSA) is 120 Å². The normalized spacial score (nSPS) is 23.7. The van der Waals surface area contributed by atoms with Crippen LogP contribution in [0, 0.1) is 11.8 Å². The van der Waals surface area contributed by atoms with Gasteiger partial charge in [0.2, 0.25) is 6.41 Å². The van der Waals surface area contributed by atoms with Crippen LogP contribution < -0.4 is 15.4 Å². The van der Waals surface area contributed by atoms with Crippen molar-refractivity contribution in [1.29, 1.82) is 0 Å². The molecule has 5 N–H and O–H groups in total. The summed E-state index contributed by atoms with van der Waals surface area (Å²) >= 11 is 0. The molecule has 3 saturated heterocycles. The van der Waals surface area contributed by atoms with Crippen LogP contribution in [0.25, 0.3) is 0 Å². The number of phenols is 1. The third-order valence-corrected chi connectivity index (χ3v) is 11.6. The molecule has 3 heterocycles. The molecule has 0 aromatic heterocycles. The van der Waals surface area contributed by atoms with Crippen molar-refractivity contribution in [2.75, 3.05) is 57.8 Å². The quantitative estimate of drug-likeness (QED) is 0.0476. The molecule has 9 heteroatoms. The number of aryl methyl sites for hydroxylation is 1. The van der Waals surface area contributed by atoms with E-state index in [4.69, 9.17) is 9.47 Å². The number of quaternary nitrogens is 1. The van der Waals surface area contributed by atoms with Crippen molar-refractivity contribution < 1.29 is 34.1 Å². The van der Waals surface area contributed by atoms with Crippen molar-refractivity contribution in [1.82, 2.24) is 5.32 Å². The zero-order chi connectivity index (χ0) is 34.8. The number of carbonyl (C=O) groups is 1. The molecule has 9 nitrogen and oxygen atoms in total. The Labute approximate surface area is 297 Å². The Bertz CT molecular complexity index is 1490. The summed E-state index contributed by atoms with van der Waals surface area (Å²) in [4.78, 5) is 10.7. The van der Waals surface area contributed by atoms with Gasteiger partial charge in [0.25, 0.3) is 0 Å². The van der Waals surface area contributed by atoms with Crippen molar-refractivity contribution in [2.24, 2.45) is 11.8 Å². The SMILES string of the molecule is O=CNc1cc([C@@H](O)CNCCCc2ccc(OCCC[N+]34CCC(CC3)[C@@H](OCC(O)(c3ccccc3)C3CCCC3)C4)cc2)ccc1O. The van der Waals surface area contributed by atoms with E-state index >= 15 is 0 Å². The van der Waals surface area contributed by atoms with E-state index in [1.807, 2.05) is 18.2 Å². The Kier molecular flexibility index (Phi) is 12.5. The minimum atomic E-state index is -0.906. The van der Waals surface area contributed by atoms with Crippen LogP contribution in [0.1, 0.15) is 74.2 Å². The van der Waals surface area contributed by atoms with Gasteiger partial charge in [0.1, 0.15) is 29.7 Å². The zero-order valence-corrected chi connectivity index (χ0v) is 29.3. The lowest BCUT2D eigenvalue weighted by molar-refractivity contribution is -0.946. The number of piperidine rings is 3. The van der Waals surface area contributed by atoms with Gasteiger partial charge in [-0.2, -0.15) is 0 Å². The number of fused-ring (bicyclic) bond motifs is 3. The number of anilines is 1. The number of carbonyl (C=O) groups excluding carboxylic acids is 1. The predicted molar refractivity (Wildman–Crippen MR) is 195 cm³/mol. The molecular formula is C41H56N3O6+. The van der Waals surface area contributed by atoms with E-state index in [0.29, 0.717) is 37.6 Å². The van der Waals surface area contributed by atoms with Crippen LogP contribution in [0.3, 0.4) is 0 Å². The highest BCUT2D eigenvalue weighted by molar-refractivity contribution is 5.75. The monoisotopic (exact) mass is 686 g/mol. The van der Waals surface area contributed by atoms with Crippen molar-refractivity contribution >= 4 is 12.1 Å². The highest BCUT2D eigenvalue weighted by atomic mass is 16.5. The van der Waals surface area contributed by atoms with E-state index in [2.05, 4.69) is 47.0 Å². The van der Waals surface area contributed by atoms with E-state index in [0.717, 1.165) is 67.5 Å². The lowest BCUT2D eigenvalue weighted by Gasteiger charge is -2.53. The maximum Gasteiger partial charge on any atom is 0.211 e. The molecule has 3 aromatic carbocycles. The number of rotatable bonds is 19. The predicted octanol–water partition coefficient (Wildman–Crippen LogP) is 5.69. The molecule has 4 aliphatic rings. The molecule has 1 amide bonds. The molecule has 1 aliphatic carbocycles. The van der Waals surface area contributed by atoms with Crippen molar-refractivity contribution in [3.63, 3.8) is 0 Å². The summed E-state index contributed by atoms with van der Waals surface area (Å²) in [6.45, 7) is 6.80.